The standard InChI is InChI=1S/C17H20N2O3/c1-11-8-16(20)15(10-19(11)14-4-5-14)17(21)18(3)9-13-6-7-22-12(13)2/h6-8,10,14H,4-5,9H2,1-3H3. The number of aromatic nitrogens is 1. The van der Waals surface area contributed by atoms with E-state index in [2.05, 4.69) is 0 Å². The first kappa shape index (κ1) is 14.6. The molecule has 116 valence electrons. The molecule has 0 N–H and O–H groups in total. The second-order valence-corrected chi connectivity index (χ2v) is 5.99. The molecule has 5 heteroatoms. The number of furan rings is 1. The molecular weight excluding hydrogens is 280 g/mol. The van der Waals surface area contributed by atoms with Gasteiger partial charge in [0.05, 0.1) is 6.26 Å². The summed E-state index contributed by atoms with van der Waals surface area (Å²) in [6, 6.07) is 3.84. The summed E-state index contributed by atoms with van der Waals surface area (Å²) in [4.78, 5) is 26.3. The average molecular weight is 300 g/mol. The van der Waals surface area contributed by atoms with Crippen LogP contribution in [0.25, 0.3) is 0 Å². The molecule has 1 aliphatic rings. The number of amides is 1. The highest BCUT2D eigenvalue weighted by atomic mass is 16.3. The summed E-state index contributed by atoms with van der Waals surface area (Å²) >= 11 is 0. The second-order valence-electron chi connectivity index (χ2n) is 5.99. The molecule has 0 unspecified atom stereocenters. The first-order valence-corrected chi connectivity index (χ1v) is 7.48. The summed E-state index contributed by atoms with van der Waals surface area (Å²) in [6.45, 7) is 4.20. The van der Waals surface area contributed by atoms with Crippen LogP contribution in [0.15, 0.2) is 33.8 Å². The van der Waals surface area contributed by atoms with Crippen LogP contribution in [-0.2, 0) is 6.54 Å². The van der Waals surface area contributed by atoms with Gasteiger partial charge in [-0.25, -0.2) is 0 Å². The maximum atomic E-state index is 12.6. The van der Waals surface area contributed by atoms with Crippen LogP contribution in [0.5, 0.6) is 0 Å². The lowest BCUT2D eigenvalue weighted by Gasteiger charge is -2.18. The predicted octanol–water partition coefficient (Wildman–Crippen LogP) is 2.67. The van der Waals surface area contributed by atoms with Crippen molar-refractivity contribution in [1.82, 2.24) is 9.47 Å². The monoisotopic (exact) mass is 300 g/mol. The predicted molar refractivity (Wildman–Crippen MR) is 83.0 cm³/mol. The van der Waals surface area contributed by atoms with Crippen molar-refractivity contribution < 1.29 is 9.21 Å². The molecule has 1 amide bonds. The Morgan fingerprint density at radius 1 is 1.41 bits per heavy atom. The summed E-state index contributed by atoms with van der Waals surface area (Å²) in [5.74, 6) is 0.541. The normalized spacial score (nSPS) is 14.1. The summed E-state index contributed by atoms with van der Waals surface area (Å²) in [6.07, 6.45) is 5.55. The van der Waals surface area contributed by atoms with E-state index in [-0.39, 0.29) is 16.9 Å². The van der Waals surface area contributed by atoms with Crippen LogP contribution >= 0.6 is 0 Å². The van der Waals surface area contributed by atoms with Gasteiger partial charge in [-0.2, -0.15) is 0 Å². The fourth-order valence-electron chi connectivity index (χ4n) is 2.66. The molecule has 22 heavy (non-hydrogen) atoms. The van der Waals surface area contributed by atoms with Crippen molar-refractivity contribution in [3.63, 3.8) is 0 Å². The number of nitrogens with zero attached hydrogens (tertiary/aromatic N) is 2. The second kappa shape index (κ2) is 5.48. The Morgan fingerprint density at radius 2 is 2.14 bits per heavy atom. The molecule has 2 aromatic heterocycles. The van der Waals surface area contributed by atoms with Gasteiger partial charge in [-0.15, -0.1) is 0 Å². The molecule has 2 heterocycles. The van der Waals surface area contributed by atoms with Crippen molar-refractivity contribution in [2.45, 2.75) is 39.3 Å². The van der Waals surface area contributed by atoms with Gasteiger partial charge in [-0.1, -0.05) is 0 Å². The van der Waals surface area contributed by atoms with Gasteiger partial charge >= 0.3 is 0 Å². The van der Waals surface area contributed by atoms with E-state index >= 15 is 0 Å². The van der Waals surface area contributed by atoms with Crippen LogP contribution < -0.4 is 5.43 Å². The zero-order valence-electron chi connectivity index (χ0n) is 13.1. The van der Waals surface area contributed by atoms with Crippen LogP contribution in [0.1, 0.15) is 46.3 Å². The summed E-state index contributed by atoms with van der Waals surface area (Å²) < 4.78 is 7.29. The lowest BCUT2D eigenvalue weighted by molar-refractivity contribution is 0.0782. The Hall–Kier alpha value is -2.30. The number of aryl methyl sites for hydroxylation is 2. The summed E-state index contributed by atoms with van der Waals surface area (Å²) in [7, 11) is 1.70. The van der Waals surface area contributed by atoms with Crippen molar-refractivity contribution in [1.29, 1.82) is 0 Å². The third-order valence-electron chi connectivity index (χ3n) is 4.17. The minimum absolute atomic E-state index is 0.213. The third kappa shape index (κ3) is 2.71. The number of pyridine rings is 1. The molecule has 1 fully saturated rings. The van der Waals surface area contributed by atoms with Crippen molar-refractivity contribution in [3.8, 4) is 0 Å². The zero-order chi connectivity index (χ0) is 15.9. The highest BCUT2D eigenvalue weighted by molar-refractivity contribution is 5.93. The topological polar surface area (TPSA) is 55.5 Å². The first-order valence-electron chi connectivity index (χ1n) is 7.48. The molecule has 3 rings (SSSR count). The summed E-state index contributed by atoms with van der Waals surface area (Å²) in [5.41, 5.74) is 1.89. The van der Waals surface area contributed by atoms with Crippen LogP contribution in [0.2, 0.25) is 0 Å². The van der Waals surface area contributed by atoms with E-state index in [1.54, 1.807) is 30.5 Å². The first-order chi connectivity index (χ1) is 10.5. The molecule has 0 aromatic carbocycles. The van der Waals surface area contributed by atoms with Gasteiger partial charge in [0.2, 0.25) is 0 Å². The molecule has 0 aliphatic heterocycles. The van der Waals surface area contributed by atoms with Crippen molar-refractivity contribution in [2.24, 2.45) is 0 Å². The number of carbonyl (C=O) groups is 1. The molecule has 1 aliphatic carbocycles. The molecular formula is C17H20N2O3. The lowest BCUT2D eigenvalue weighted by Crippen LogP contribution is -2.31. The molecule has 0 spiro atoms. The maximum absolute atomic E-state index is 12.6. The fourth-order valence-corrected chi connectivity index (χ4v) is 2.66. The quantitative estimate of drug-likeness (QED) is 0.872. The Morgan fingerprint density at radius 3 is 2.73 bits per heavy atom. The molecule has 5 nitrogen and oxygen atoms in total. The summed E-state index contributed by atoms with van der Waals surface area (Å²) in [5, 5.41) is 0. The smallest absolute Gasteiger partial charge is 0.259 e. The lowest BCUT2D eigenvalue weighted by atomic mass is 10.2. The SMILES string of the molecule is Cc1occc1CN(C)C(=O)c1cn(C2CC2)c(C)cc1=O. The van der Waals surface area contributed by atoms with Crippen LogP contribution in [-0.4, -0.2) is 22.4 Å². The van der Waals surface area contributed by atoms with E-state index in [0.717, 1.165) is 29.9 Å². The van der Waals surface area contributed by atoms with Gasteiger partial charge in [-0.05, 0) is 32.8 Å². The van der Waals surface area contributed by atoms with Crippen molar-refractivity contribution in [2.75, 3.05) is 7.05 Å². The molecule has 0 saturated heterocycles. The molecule has 0 radical (unpaired) electrons. The van der Waals surface area contributed by atoms with Gasteiger partial charge in [0.1, 0.15) is 11.3 Å². The number of rotatable bonds is 4. The van der Waals surface area contributed by atoms with Gasteiger partial charge < -0.3 is 13.9 Å². The van der Waals surface area contributed by atoms with Crippen molar-refractivity contribution in [3.05, 3.63) is 57.4 Å². The minimum Gasteiger partial charge on any atom is -0.469 e. The van der Waals surface area contributed by atoms with Gasteiger partial charge in [0.15, 0.2) is 5.43 Å². The van der Waals surface area contributed by atoms with Gasteiger partial charge in [0.25, 0.3) is 5.91 Å². The third-order valence-corrected chi connectivity index (χ3v) is 4.17. The molecule has 0 bridgehead atoms. The minimum atomic E-state index is -0.250. The fraction of sp³-hybridized carbons (Fsp3) is 0.412. The van der Waals surface area contributed by atoms with E-state index in [0.29, 0.717) is 12.6 Å². The molecule has 0 atom stereocenters. The largest absolute Gasteiger partial charge is 0.469 e. The maximum Gasteiger partial charge on any atom is 0.259 e. The van der Waals surface area contributed by atoms with E-state index in [9.17, 15) is 9.59 Å². The number of hydrogen-bond donors (Lipinski definition) is 0. The Bertz CT molecular complexity index is 768. The van der Waals surface area contributed by atoms with Crippen molar-refractivity contribution >= 4 is 5.91 Å². The zero-order valence-corrected chi connectivity index (χ0v) is 13.1. The molecule has 1 saturated carbocycles. The Balaban J connectivity index is 1.86. The van der Waals surface area contributed by atoms with E-state index in [1.165, 1.54) is 0 Å². The number of hydrogen-bond acceptors (Lipinski definition) is 3. The Labute approximate surface area is 129 Å². The van der Waals surface area contributed by atoms with E-state index in [1.807, 2.05) is 24.5 Å². The van der Waals surface area contributed by atoms with Crippen LogP contribution in [0.3, 0.4) is 0 Å². The number of carbonyl (C=O) groups excluding carboxylic acids is 1. The van der Waals surface area contributed by atoms with Crippen LogP contribution in [0.4, 0.5) is 0 Å². The average Bonchev–Trinajstić information content (AvgIpc) is 3.23. The highest BCUT2D eigenvalue weighted by Crippen LogP contribution is 2.35. The molecule has 2 aromatic rings. The Kier molecular flexibility index (Phi) is 3.64. The van der Waals surface area contributed by atoms with Gasteiger partial charge in [0, 0.05) is 43.2 Å². The van der Waals surface area contributed by atoms with E-state index in [4.69, 9.17) is 4.42 Å². The van der Waals surface area contributed by atoms with Gasteiger partial charge in [-0.3, -0.25) is 9.59 Å². The van der Waals surface area contributed by atoms with E-state index < -0.39 is 0 Å². The van der Waals surface area contributed by atoms with Crippen LogP contribution in [0, 0.1) is 13.8 Å². The highest BCUT2D eigenvalue weighted by Gasteiger charge is 2.26.